The Kier molecular flexibility index (Phi) is 6.79. The molecule has 6 heteroatoms. The predicted octanol–water partition coefficient (Wildman–Crippen LogP) is 3.78. The van der Waals surface area contributed by atoms with Crippen LogP contribution in [-0.4, -0.2) is 17.4 Å². The quantitative estimate of drug-likeness (QED) is 0.926. The maximum atomic E-state index is 11.8. The number of nitrogens with one attached hydrogen (secondary N) is 1. The van der Waals surface area contributed by atoms with E-state index >= 15 is 0 Å². The van der Waals surface area contributed by atoms with Gasteiger partial charge in [-0.05, 0) is 36.2 Å². The molecule has 20 heavy (non-hydrogen) atoms. The van der Waals surface area contributed by atoms with Crippen LogP contribution in [0.1, 0.15) is 15.9 Å². The molecule has 2 rings (SSSR count). The molecular formula is C14H13Cl3N2O. The standard InChI is InChI=1S/C14H12Cl2N2O.ClH/c15-12-4-3-10(13(16)8-12)5-7-18-14(19)11-2-1-6-17-9-11;/h1-4,6,8-9H,5,7H2,(H,18,19);1H. The largest absolute Gasteiger partial charge is 0.352 e. The lowest BCUT2D eigenvalue weighted by atomic mass is 10.1. The summed E-state index contributed by atoms with van der Waals surface area (Å²) in [6, 6.07) is 8.79. The molecule has 0 fully saturated rings. The van der Waals surface area contributed by atoms with Crippen LogP contribution in [0, 0.1) is 0 Å². The average Bonchev–Trinajstić information content (AvgIpc) is 2.42. The third-order valence-corrected chi connectivity index (χ3v) is 3.21. The maximum absolute atomic E-state index is 11.8. The van der Waals surface area contributed by atoms with Crippen molar-refractivity contribution in [2.45, 2.75) is 6.42 Å². The Balaban J connectivity index is 0.00000200. The second kappa shape index (κ2) is 8.10. The van der Waals surface area contributed by atoms with Crippen LogP contribution in [0.15, 0.2) is 42.7 Å². The number of amides is 1. The van der Waals surface area contributed by atoms with Gasteiger partial charge in [-0.3, -0.25) is 9.78 Å². The number of halogens is 3. The highest BCUT2D eigenvalue weighted by molar-refractivity contribution is 6.35. The summed E-state index contributed by atoms with van der Waals surface area (Å²) in [5.74, 6) is -0.141. The van der Waals surface area contributed by atoms with Crippen LogP contribution in [0.4, 0.5) is 0 Å². The van der Waals surface area contributed by atoms with Crippen molar-refractivity contribution in [2.24, 2.45) is 0 Å². The molecule has 2 aromatic rings. The minimum atomic E-state index is -0.141. The fourth-order valence-corrected chi connectivity index (χ4v) is 2.14. The van der Waals surface area contributed by atoms with Gasteiger partial charge in [-0.15, -0.1) is 12.4 Å². The van der Waals surface area contributed by atoms with Crippen molar-refractivity contribution in [3.8, 4) is 0 Å². The van der Waals surface area contributed by atoms with E-state index in [4.69, 9.17) is 23.2 Å². The van der Waals surface area contributed by atoms with Crippen molar-refractivity contribution in [3.05, 3.63) is 63.9 Å². The van der Waals surface area contributed by atoms with E-state index in [1.54, 1.807) is 30.5 Å². The van der Waals surface area contributed by atoms with Crippen molar-refractivity contribution in [2.75, 3.05) is 6.54 Å². The van der Waals surface area contributed by atoms with E-state index in [0.717, 1.165) is 5.56 Å². The smallest absolute Gasteiger partial charge is 0.252 e. The topological polar surface area (TPSA) is 42.0 Å². The van der Waals surface area contributed by atoms with Gasteiger partial charge in [0, 0.05) is 29.0 Å². The van der Waals surface area contributed by atoms with Gasteiger partial charge >= 0.3 is 0 Å². The van der Waals surface area contributed by atoms with Crippen molar-refractivity contribution >= 4 is 41.5 Å². The van der Waals surface area contributed by atoms with Crippen LogP contribution in [-0.2, 0) is 6.42 Å². The van der Waals surface area contributed by atoms with E-state index in [1.165, 1.54) is 6.20 Å². The zero-order valence-corrected chi connectivity index (χ0v) is 12.8. The molecule has 0 saturated heterocycles. The first-order valence-corrected chi connectivity index (χ1v) is 6.54. The van der Waals surface area contributed by atoms with E-state index < -0.39 is 0 Å². The molecular weight excluding hydrogens is 319 g/mol. The summed E-state index contributed by atoms with van der Waals surface area (Å²) in [4.78, 5) is 15.7. The number of aromatic nitrogens is 1. The number of nitrogens with zero attached hydrogens (tertiary/aromatic N) is 1. The first kappa shape index (κ1) is 16.8. The number of rotatable bonds is 4. The molecule has 106 valence electrons. The maximum Gasteiger partial charge on any atom is 0.252 e. The summed E-state index contributed by atoms with van der Waals surface area (Å²) in [6.07, 6.45) is 3.82. The summed E-state index contributed by atoms with van der Waals surface area (Å²) in [6.45, 7) is 0.509. The molecule has 0 bridgehead atoms. The molecule has 1 heterocycles. The molecule has 0 aliphatic rings. The molecule has 0 radical (unpaired) electrons. The molecule has 0 atom stereocenters. The molecule has 0 spiro atoms. The monoisotopic (exact) mass is 330 g/mol. The lowest BCUT2D eigenvalue weighted by Gasteiger charge is -2.07. The Hall–Kier alpha value is -1.29. The number of carbonyl (C=O) groups excluding carboxylic acids is 1. The van der Waals surface area contributed by atoms with Gasteiger partial charge in [0.1, 0.15) is 0 Å². The number of hydrogen-bond donors (Lipinski definition) is 1. The third-order valence-electron chi connectivity index (χ3n) is 2.62. The number of pyridine rings is 1. The summed E-state index contributed by atoms with van der Waals surface area (Å²) < 4.78 is 0. The Morgan fingerprint density at radius 3 is 2.70 bits per heavy atom. The van der Waals surface area contributed by atoms with Crippen LogP contribution in [0.25, 0.3) is 0 Å². The molecule has 1 aromatic carbocycles. The summed E-state index contributed by atoms with van der Waals surface area (Å²) in [5, 5.41) is 4.04. The predicted molar refractivity (Wildman–Crippen MR) is 84.0 cm³/mol. The number of benzene rings is 1. The lowest BCUT2D eigenvalue weighted by Crippen LogP contribution is -2.25. The Morgan fingerprint density at radius 2 is 2.05 bits per heavy atom. The summed E-state index contributed by atoms with van der Waals surface area (Å²) in [5.41, 5.74) is 1.50. The fourth-order valence-electron chi connectivity index (χ4n) is 1.63. The highest BCUT2D eigenvalue weighted by atomic mass is 35.5. The summed E-state index contributed by atoms with van der Waals surface area (Å²) >= 11 is 11.9. The molecule has 0 saturated carbocycles. The zero-order chi connectivity index (χ0) is 13.7. The molecule has 1 N–H and O–H groups in total. The van der Waals surface area contributed by atoms with Crippen molar-refractivity contribution < 1.29 is 4.79 Å². The van der Waals surface area contributed by atoms with E-state index in [-0.39, 0.29) is 18.3 Å². The average molecular weight is 332 g/mol. The summed E-state index contributed by atoms with van der Waals surface area (Å²) in [7, 11) is 0. The van der Waals surface area contributed by atoms with Crippen LogP contribution >= 0.6 is 35.6 Å². The van der Waals surface area contributed by atoms with Gasteiger partial charge in [0.15, 0.2) is 0 Å². The molecule has 1 amide bonds. The first-order chi connectivity index (χ1) is 9.16. The second-order valence-corrected chi connectivity index (χ2v) is 4.83. The highest BCUT2D eigenvalue weighted by Crippen LogP contribution is 2.21. The second-order valence-electron chi connectivity index (χ2n) is 3.98. The molecule has 1 aromatic heterocycles. The normalized spacial score (nSPS) is 9.70. The van der Waals surface area contributed by atoms with E-state index in [2.05, 4.69) is 10.3 Å². The van der Waals surface area contributed by atoms with Crippen molar-refractivity contribution in [3.63, 3.8) is 0 Å². The lowest BCUT2D eigenvalue weighted by molar-refractivity contribution is 0.0954. The van der Waals surface area contributed by atoms with Crippen LogP contribution in [0.5, 0.6) is 0 Å². The van der Waals surface area contributed by atoms with Crippen molar-refractivity contribution in [1.29, 1.82) is 0 Å². The van der Waals surface area contributed by atoms with Gasteiger partial charge in [0.05, 0.1) is 5.56 Å². The minimum Gasteiger partial charge on any atom is -0.352 e. The third kappa shape index (κ3) is 4.67. The highest BCUT2D eigenvalue weighted by Gasteiger charge is 2.05. The molecule has 0 aliphatic carbocycles. The number of carbonyl (C=O) groups is 1. The van der Waals surface area contributed by atoms with E-state index in [0.29, 0.717) is 28.6 Å². The van der Waals surface area contributed by atoms with Crippen LogP contribution in [0.2, 0.25) is 10.0 Å². The van der Waals surface area contributed by atoms with Crippen LogP contribution < -0.4 is 5.32 Å². The zero-order valence-electron chi connectivity index (χ0n) is 10.5. The molecule has 3 nitrogen and oxygen atoms in total. The van der Waals surface area contributed by atoms with Gasteiger partial charge < -0.3 is 5.32 Å². The SMILES string of the molecule is Cl.O=C(NCCc1ccc(Cl)cc1Cl)c1cccnc1. The Morgan fingerprint density at radius 1 is 1.25 bits per heavy atom. The Bertz CT molecular complexity index is 576. The van der Waals surface area contributed by atoms with E-state index in [9.17, 15) is 4.79 Å². The van der Waals surface area contributed by atoms with Crippen LogP contribution in [0.3, 0.4) is 0 Å². The first-order valence-electron chi connectivity index (χ1n) is 5.79. The van der Waals surface area contributed by atoms with Gasteiger partial charge in [-0.2, -0.15) is 0 Å². The van der Waals surface area contributed by atoms with Gasteiger partial charge in [0.25, 0.3) is 5.91 Å². The van der Waals surface area contributed by atoms with Gasteiger partial charge in [-0.25, -0.2) is 0 Å². The molecule has 0 unspecified atom stereocenters. The molecule has 0 aliphatic heterocycles. The van der Waals surface area contributed by atoms with Gasteiger partial charge in [-0.1, -0.05) is 29.3 Å². The minimum absolute atomic E-state index is 0. The van der Waals surface area contributed by atoms with E-state index in [1.807, 2.05) is 6.07 Å². The fraction of sp³-hybridized carbons (Fsp3) is 0.143. The van der Waals surface area contributed by atoms with Gasteiger partial charge in [0.2, 0.25) is 0 Å². The van der Waals surface area contributed by atoms with Crippen molar-refractivity contribution in [1.82, 2.24) is 10.3 Å². The number of hydrogen-bond acceptors (Lipinski definition) is 2. The Labute approximate surface area is 133 Å².